The van der Waals surface area contributed by atoms with E-state index < -0.39 is 0 Å². The number of ether oxygens (including phenoxy) is 1. The first kappa shape index (κ1) is 25.9. The second-order valence-electron chi connectivity index (χ2n) is 9.97. The van der Waals surface area contributed by atoms with Gasteiger partial charge in [-0.25, -0.2) is 4.79 Å². The van der Waals surface area contributed by atoms with Crippen LogP contribution in [0.5, 0.6) is 0 Å². The average Bonchev–Trinajstić information content (AvgIpc) is 3.41. The van der Waals surface area contributed by atoms with Crippen LogP contribution in [-0.4, -0.2) is 78.0 Å². The van der Waals surface area contributed by atoms with Crippen LogP contribution in [0.25, 0.3) is 22.8 Å². The first-order chi connectivity index (χ1) is 18.5. The molecule has 2 N–H and O–H groups in total. The number of pyridine rings is 1. The summed E-state index contributed by atoms with van der Waals surface area (Å²) in [6, 6.07) is 9.73. The Hall–Kier alpha value is -3.75. The van der Waals surface area contributed by atoms with Crippen molar-refractivity contribution in [2.75, 3.05) is 51.7 Å². The van der Waals surface area contributed by atoms with E-state index in [0.717, 1.165) is 78.5 Å². The molecule has 5 rings (SSSR count). The zero-order valence-electron chi connectivity index (χ0n) is 22.3. The smallest absolute Gasteiger partial charge is 0.340 e. The number of hydrogen-bond donors (Lipinski definition) is 2. The van der Waals surface area contributed by atoms with Gasteiger partial charge >= 0.3 is 5.97 Å². The minimum absolute atomic E-state index is 0.162. The molecule has 8 heteroatoms. The van der Waals surface area contributed by atoms with Gasteiger partial charge in [-0.15, -0.1) is 0 Å². The zero-order valence-corrected chi connectivity index (χ0v) is 22.3. The third-order valence-corrected chi connectivity index (χ3v) is 7.39. The van der Waals surface area contributed by atoms with Crippen molar-refractivity contribution < 1.29 is 14.3 Å². The van der Waals surface area contributed by atoms with Gasteiger partial charge in [-0.05, 0) is 69.6 Å². The first-order valence-corrected chi connectivity index (χ1v) is 13.3. The van der Waals surface area contributed by atoms with Crippen LogP contribution < -0.4 is 5.32 Å². The van der Waals surface area contributed by atoms with Gasteiger partial charge in [-0.2, -0.15) is 0 Å². The summed E-state index contributed by atoms with van der Waals surface area (Å²) in [5.41, 5.74) is 7.08. The number of carbonyl (C=O) groups is 2. The molecule has 198 valence electrons. The number of fused-ring (bicyclic) bond motifs is 1. The molecular formula is C30H35N5O3. The van der Waals surface area contributed by atoms with Gasteiger partial charge in [0.1, 0.15) is 0 Å². The summed E-state index contributed by atoms with van der Waals surface area (Å²) in [7, 11) is 2.16. The van der Waals surface area contributed by atoms with Crippen LogP contribution in [0.4, 0.5) is 5.69 Å². The number of aromatic amines is 1. The fourth-order valence-electron chi connectivity index (χ4n) is 5.41. The van der Waals surface area contributed by atoms with E-state index in [1.165, 1.54) is 0 Å². The quantitative estimate of drug-likeness (QED) is 0.346. The first-order valence-electron chi connectivity index (χ1n) is 13.3. The molecule has 2 aromatic heterocycles. The van der Waals surface area contributed by atoms with Gasteiger partial charge in [0.25, 0.3) is 5.91 Å². The SMILES string of the molecule is CCOC(=O)c1c(C)[nH]c(/C=C2\C(=O)Nc3cccc(-c4cccnc4)c32)c1CCCN1CCN(C)CC1. The van der Waals surface area contributed by atoms with Crippen LogP contribution >= 0.6 is 0 Å². The van der Waals surface area contributed by atoms with Gasteiger partial charge < -0.3 is 24.8 Å². The molecule has 1 saturated heterocycles. The van der Waals surface area contributed by atoms with E-state index >= 15 is 0 Å². The third kappa shape index (κ3) is 5.28. The number of piperazine rings is 1. The number of likely N-dealkylation sites (N-methyl/N-ethyl adjacent to an activating group) is 1. The highest BCUT2D eigenvalue weighted by molar-refractivity contribution is 6.36. The Bertz CT molecular complexity index is 1350. The second-order valence-corrected chi connectivity index (χ2v) is 9.97. The number of nitrogens with zero attached hydrogens (tertiary/aromatic N) is 3. The fourth-order valence-corrected chi connectivity index (χ4v) is 5.41. The number of hydrogen-bond acceptors (Lipinski definition) is 6. The van der Waals surface area contributed by atoms with Crippen LogP contribution in [0.3, 0.4) is 0 Å². The van der Waals surface area contributed by atoms with Crippen molar-refractivity contribution >= 4 is 29.2 Å². The second kappa shape index (κ2) is 11.3. The number of rotatable bonds is 8. The molecule has 0 aliphatic carbocycles. The van der Waals surface area contributed by atoms with E-state index in [1.54, 1.807) is 12.4 Å². The van der Waals surface area contributed by atoms with Crippen molar-refractivity contribution in [3.05, 3.63) is 70.8 Å². The maximum absolute atomic E-state index is 13.2. The Balaban J connectivity index is 1.51. The molecule has 2 aliphatic rings. The number of esters is 1. The van der Waals surface area contributed by atoms with E-state index in [0.29, 0.717) is 24.2 Å². The fraction of sp³-hybridized carbons (Fsp3) is 0.367. The van der Waals surface area contributed by atoms with Crippen molar-refractivity contribution in [2.45, 2.75) is 26.7 Å². The number of aryl methyl sites for hydroxylation is 1. The van der Waals surface area contributed by atoms with Gasteiger partial charge in [-0.1, -0.05) is 18.2 Å². The summed E-state index contributed by atoms with van der Waals surface area (Å²) in [4.78, 5) is 38.7. The number of benzene rings is 1. The maximum atomic E-state index is 13.2. The molecule has 0 atom stereocenters. The Morgan fingerprint density at radius 2 is 1.97 bits per heavy atom. The van der Waals surface area contributed by atoms with Crippen molar-refractivity contribution in [2.24, 2.45) is 0 Å². The maximum Gasteiger partial charge on any atom is 0.340 e. The largest absolute Gasteiger partial charge is 0.462 e. The van der Waals surface area contributed by atoms with Gasteiger partial charge in [-0.3, -0.25) is 9.78 Å². The van der Waals surface area contributed by atoms with Crippen LogP contribution in [0, 0.1) is 6.92 Å². The predicted molar refractivity (Wildman–Crippen MR) is 150 cm³/mol. The van der Waals surface area contributed by atoms with Crippen molar-refractivity contribution in [3.63, 3.8) is 0 Å². The summed E-state index contributed by atoms with van der Waals surface area (Å²) in [6.07, 6.45) is 7.05. The molecule has 1 aromatic carbocycles. The number of carbonyl (C=O) groups excluding carboxylic acids is 2. The number of nitrogens with one attached hydrogen (secondary N) is 2. The predicted octanol–water partition coefficient (Wildman–Crippen LogP) is 4.23. The number of H-pyrrole nitrogens is 1. The standard InChI is InChI=1S/C30H35N5O3/c1-4-38-30(37)27-20(2)32-26(23(27)10-7-13-35-16-14-34(3)15-17-35)18-24-28-22(21-8-6-12-31-19-21)9-5-11-25(28)33-29(24)36/h5-6,8-9,11-12,18-19,32H,4,7,10,13-17H2,1-3H3,(H,33,36)/b24-18-. The Morgan fingerprint density at radius 1 is 1.16 bits per heavy atom. The van der Waals surface area contributed by atoms with E-state index in [9.17, 15) is 9.59 Å². The van der Waals surface area contributed by atoms with Crippen molar-refractivity contribution in [3.8, 4) is 11.1 Å². The Labute approximate surface area is 223 Å². The van der Waals surface area contributed by atoms with Gasteiger partial charge in [0.05, 0.1) is 17.7 Å². The van der Waals surface area contributed by atoms with Gasteiger partial charge in [0, 0.05) is 66.8 Å². The lowest BCUT2D eigenvalue weighted by atomic mass is 9.94. The molecule has 0 saturated carbocycles. The lowest BCUT2D eigenvalue weighted by Crippen LogP contribution is -2.44. The Kier molecular flexibility index (Phi) is 7.72. The van der Waals surface area contributed by atoms with Gasteiger partial charge in [0.15, 0.2) is 0 Å². The van der Waals surface area contributed by atoms with Crippen molar-refractivity contribution in [1.29, 1.82) is 0 Å². The summed E-state index contributed by atoms with van der Waals surface area (Å²) >= 11 is 0. The van der Waals surface area contributed by atoms with E-state index in [2.05, 4.69) is 32.1 Å². The van der Waals surface area contributed by atoms with E-state index in [-0.39, 0.29) is 11.9 Å². The molecule has 38 heavy (non-hydrogen) atoms. The summed E-state index contributed by atoms with van der Waals surface area (Å²) in [5, 5.41) is 3.01. The minimum Gasteiger partial charge on any atom is -0.462 e. The van der Waals surface area contributed by atoms with Crippen LogP contribution in [-0.2, 0) is 16.0 Å². The van der Waals surface area contributed by atoms with Gasteiger partial charge in [0.2, 0.25) is 0 Å². The topological polar surface area (TPSA) is 90.6 Å². The average molecular weight is 514 g/mol. The molecule has 4 heterocycles. The normalized spacial score (nSPS) is 17.0. The highest BCUT2D eigenvalue weighted by atomic mass is 16.5. The number of amides is 1. The molecule has 1 amide bonds. The third-order valence-electron chi connectivity index (χ3n) is 7.39. The summed E-state index contributed by atoms with van der Waals surface area (Å²) in [5.74, 6) is -0.488. The monoisotopic (exact) mass is 513 g/mol. The molecule has 0 bridgehead atoms. The van der Waals surface area contributed by atoms with Crippen LogP contribution in [0.1, 0.15) is 46.2 Å². The number of aromatic nitrogens is 2. The highest BCUT2D eigenvalue weighted by Crippen LogP contribution is 2.40. The van der Waals surface area contributed by atoms with Crippen LogP contribution in [0.15, 0.2) is 42.7 Å². The molecule has 0 radical (unpaired) electrons. The van der Waals surface area contributed by atoms with E-state index in [4.69, 9.17) is 4.74 Å². The molecule has 0 spiro atoms. The van der Waals surface area contributed by atoms with Crippen molar-refractivity contribution in [1.82, 2.24) is 19.8 Å². The molecule has 0 unspecified atom stereocenters. The molecular weight excluding hydrogens is 478 g/mol. The Morgan fingerprint density at radius 3 is 2.71 bits per heavy atom. The van der Waals surface area contributed by atoms with E-state index in [1.807, 2.05) is 50.3 Å². The molecule has 1 fully saturated rings. The lowest BCUT2D eigenvalue weighted by Gasteiger charge is -2.32. The summed E-state index contributed by atoms with van der Waals surface area (Å²) < 4.78 is 5.41. The molecule has 2 aliphatic heterocycles. The zero-order chi connectivity index (χ0) is 26.6. The summed E-state index contributed by atoms with van der Waals surface area (Å²) in [6.45, 7) is 9.23. The highest BCUT2D eigenvalue weighted by Gasteiger charge is 2.29. The number of anilines is 1. The minimum atomic E-state index is -0.326. The lowest BCUT2D eigenvalue weighted by molar-refractivity contribution is -0.110. The van der Waals surface area contributed by atoms with Crippen LogP contribution in [0.2, 0.25) is 0 Å². The molecule has 8 nitrogen and oxygen atoms in total. The molecule has 3 aromatic rings.